The van der Waals surface area contributed by atoms with Crippen molar-refractivity contribution in [2.75, 3.05) is 13.2 Å². The summed E-state index contributed by atoms with van der Waals surface area (Å²) in [5.74, 6) is -1.04. The van der Waals surface area contributed by atoms with Crippen molar-refractivity contribution in [3.63, 3.8) is 0 Å². The van der Waals surface area contributed by atoms with Crippen LogP contribution in [0, 0.1) is 0 Å². The number of unbranched alkanes of at least 4 members (excludes halogenated alkanes) is 13. The van der Waals surface area contributed by atoms with Crippen molar-refractivity contribution in [2.45, 2.75) is 186 Å². The predicted molar refractivity (Wildman–Crippen MR) is 219 cm³/mol. The number of rotatable bonds is 37. The highest BCUT2D eigenvalue weighted by atomic mass is 31.2. The topological polar surface area (TPSA) is 160 Å². The number of allylic oxidation sites excluding steroid dienone is 9. The number of ether oxygens (including phenoxy) is 2. The summed E-state index contributed by atoms with van der Waals surface area (Å²) in [5.41, 5.74) is 0. The number of hydrogen-bond donors (Lipinski definition) is 4. The van der Waals surface area contributed by atoms with Gasteiger partial charge in [-0.3, -0.25) is 14.1 Å². The molecule has 0 rings (SSSR count). The van der Waals surface area contributed by atoms with Crippen molar-refractivity contribution in [2.24, 2.45) is 0 Å². The second-order valence-corrected chi connectivity index (χ2v) is 15.2. The van der Waals surface area contributed by atoms with Crippen LogP contribution in [0.5, 0.6) is 0 Å². The van der Waals surface area contributed by atoms with Crippen molar-refractivity contribution in [3.05, 3.63) is 60.8 Å². The Balaban J connectivity index is 4.13. The summed E-state index contributed by atoms with van der Waals surface area (Å²) in [7, 11) is -4.80. The fourth-order valence-electron chi connectivity index (χ4n) is 5.44. The molecule has 0 aromatic carbocycles. The molecule has 0 aliphatic heterocycles. The monoisotopic (exact) mass is 783 g/mol. The zero-order chi connectivity index (χ0) is 40.0. The van der Waals surface area contributed by atoms with Gasteiger partial charge in [0.25, 0.3) is 0 Å². The van der Waals surface area contributed by atoms with Gasteiger partial charge in [0.05, 0.1) is 18.8 Å². The van der Waals surface area contributed by atoms with Gasteiger partial charge in [0.15, 0.2) is 6.10 Å². The smallest absolute Gasteiger partial charge is 0.462 e. The predicted octanol–water partition coefficient (Wildman–Crippen LogP) is 10.5. The van der Waals surface area contributed by atoms with Gasteiger partial charge >= 0.3 is 19.8 Å². The van der Waals surface area contributed by atoms with Crippen LogP contribution in [-0.2, 0) is 28.2 Å². The zero-order valence-corrected chi connectivity index (χ0v) is 34.5. The van der Waals surface area contributed by atoms with Gasteiger partial charge in [-0.2, -0.15) is 0 Å². The Bertz CT molecular complexity index is 1090. The quantitative estimate of drug-likeness (QED) is 0.0207. The van der Waals surface area contributed by atoms with Crippen LogP contribution >= 0.6 is 7.82 Å². The molecule has 11 heteroatoms. The Morgan fingerprint density at radius 1 is 0.556 bits per heavy atom. The average molecular weight is 783 g/mol. The molecule has 0 bridgehead atoms. The number of phosphoric acid groups is 1. The summed E-state index contributed by atoms with van der Waals surface area (Å²) in [6, 6.07) is 0. The molecule has 0 aliphatic carbocycles. The highest BCUT2D eigenvalue weighted by molar-refractivity contribution is 7.46. The number of phosphoric ester groups is 1. The molecule has 0 unspecified atom stereocenters. The molecule has 0 radical (unpaired) electrons. The van der Waals surface area contributed by atoms with E-state index in [4.69, 9.17) is 19.3 Å². The van der Waals surface area contributed by atoms with Gasteiger partial charge in [-0.15, -0.1) is 0 Å². The van der Waals surface area contributed by atoms with Crippen LogP contribution in [0.1, 0.15) is 168 Å². The molecule has 0 amide bonds. The van der Waals surface area contributed by atoms with Gasteiger partial charge in [-0.05, 0) is 83.5 Å². The summed E-state index contributed by atoms with van der Waals surface area (Å²) in [6.45, 7) is 3.43. The number of esters is 2. The van der Waals surface area contributed by atoms with Crippen LogP contribution in [0.25, 0.3) is 0 Å². The molecule has 0 saturated heterocycles. The first-order valence-electron chi connectivity index (χ1n) is 20.7. The maximum absolute atomic E-state index is 12.4. The van der Waals surface area contributed by atoms with E-state index in [1.807, 2.05) is 6.08 Å². The molecule has 0 aromatic rings. The van der Waals surface area contributed by atoms with E-state index < -0.39 is 44.7 Å². The molecule has 10 nitrogen and oxygen atoms in total. The van der Waals surface area contributed by atoms with Crippen molar-refractivity contribution in [3.8, 4) is 0 Å². The fourth-order valence-corrected chi connectivity index (χ4v) is 5.80. The lowest BCUT2D eigenvalue weighted by molar-refractivity contribution is -0.161. The average Bonchev–Trinajstić information content (AvgIpc) is 3.14. The summed E-state index contributed by atoms with van der Waals surface area (Å²) in [5, 5.41) is 20.3. The molecule has 0 spiro atoms. The minimum Gasteiger partial charge on any atom is -0.462 e. The first kappa shape index (κ1) is 51.7. The minimum absolute atomic E-state index is 0.140. The van der Waals surface area contributed by atoms with Crippen LogP contribution < -0.4 is 0 Å². The molecule has 0 heterocycles. The number of hydrogen-bond acceptors (Lipinski definition) is 8. The first-order valence-corrected chi connectivity index (χ1v) is 22.3. The van der Waals surface area contributed by atoms with E-state index in [9.17, 15) is 24.4 Å². The van der Waals surface area contributed by atoms with E-state index in [0.717, 1.165) is 77.0 Å². The van der Waals surface area contributed by atoms with E-state index in [1.54, 1.807) is 0 Å². The molecule has 0 aromatic heterocycles. The third-order valence-corrected chi connectivity index (χ3v) is 9.20. The third kappa shape index (κ3) is 38.0. The van der Waals surface area contributed by atoms with Crippen LogP contribution in [-0.4, -0.2) is 63.5 Å². The Morgan fingerprint density at radius 2 is 1.02 bits per heavy atom. The second-order valence-electron chi connectivity index (χ2n) is 13.9. The maximum Gasteiger partial charge on any atom is 0.469 e. The molecule has 4 N–H and O–H groups in total. The van der Waals surface area contributed by atoms with E-state index in [1.165, 1.54) is 38.5 Å². The molecule has 3 atom stereocenters. The molecular weight excluding hydrogens is 707 g/mol. The normalized spacial score (nSPS) is 14.3. The molecule has 0 aliphatic rings. The number of aliphatic hydroxyl groups is 2. The SMILES string of the molecule is CCCCC/C=C\C/C=C\C/C=C\C/C=C\CCCCCC(=O)O[C@H](COC(=O)CCCCCCC[C@@H](O)[C@H](O)C/C=C\CCCCC)COP(=O)(O)O. The number of aliphatic hydroxyl groups excluding tert-OH is 2. The van der Waals surface area contributed by atoms with E-state index in [0.29, 0.717) is 25.7 Å². The van der Waals surface area contributed by atoms with Crippen molar-refractivity contribution in [1.82, 2.24) is 0 Å². The summed E-state index contributed by atoms with van der Waals surface area (Å²) < 4.78 is 26.3. The number of carbonyl (C=O) groups excluding carboxylic acids is 2. The van der Waals surface area contributed by atoms with Crippen molar-refractivity contribution < 1.29 is 48.2 Å². The summed E-state index contributed by atoms with van der Waals surface area (Å²) in [4.78, 5) is 42.8. The van der Waals surface area contributed by atoms with Gasteiger partial charge < -0.3 is 29.5 Å². The van der Waals surface area contributed by atoms with Gasteiger partial charge in [0.1, 0.15) is 6.61 Å². The van der Waals surface area contributed by atoms with Gasteiger partial charge in [0.2, 0.25) is 0 Å². The zero-order valence-electron chi connectivity index (χ0n) is 33.6. The molecule has 0 fully saturated rings. The lowest BCUT2D eigenvalue weighted by atomic mass is 10.0. The second kappa shape index (κ2) is 37.6. The fraction of sp³-hybridized carbons (Fsp3) is 0.721. The lowest BCUT2D eigenvalue weighted by Gasteiger charge is -2.18. The Morgan fingerprint density at radius 3 is 1.57 bits per heavy atom. The van der Waals surface area contributed by atoms with Crippen molar-refractivity contribution >= 4 is 19.8 Å². The molecular formula is C43H75O10P. The molecule has 54 heavy (non-hydrogen) atoms. The van der Waals surface area contributed by atoms with E-state index >= 15 is 0 Å². The Labute approximate surface area is 327 Å². The summed E-state index contributed by atoms with van der Waals surface area (Å²) >= 11 is 0. The van der Waals surface area contributed by atoms with Crippen LogP contribution in [0.2, 0.25) is 0 Å². The highest BCUT2D eigenvalue weighted by Crippen LogP contribution is 2.36. The van der Waals surface area contributed by atoms with Crippen molar-refractivity contribution in [1.29, 1.82) is 0 Å². The number of carbonyl (C=O) groups is 2. The lowest BCUT2D eigenvalue weighted by Crippen LogP contribution is -2.29. The van der Waals surface area contributed by atoms with Crippen LogP contribution in [0.3, 0.4) is 0 Å². The Hall–Kier alpha value is -2.33. The Kier molecular flexibility index (Phi) is 36.0. The highest BCUT2D eigenvalue weighted by Gasteiger charge is 2.23. The maximum atomic E-state index is 12.4. The van der Waals surface area contributed by atoms with Gasteiger partial charge in [-0.25, -0.2) is 4.57 Å². The first-order chi connectivity index (χ1) is 26.1. The third-order valence-electron chi connectivity index (χ3n) is 8.71. The molecule has 0 saturated carbocycles. The van der Waals surface area contributed by atoms with Gasteiger partial charge in [-0.1, -0.05) is 132 Å². The van der Waals surface area contributed by atoms with Gasteiger partial charge in [0, 0.05) is 12.8 Å². The van der Waals surface area contributed by atoms with E-state index in [-0.39, 0.29) is 19.4 Å². The van der Waals surface area contributed by atoms with E-state index in [2.05, 4.69) is 73.1 Å². The largest absolute Gasteiger partial charge is 0.469 e. The van der Waals surface area contributed by atoms with Crippen LogP contribution in [0.4, 0.5) is 0 Å². The standard InChI is InChI=1S/C43H75O10P/c1-3-5-7-9-11-12-13-14-15-16-17-18-19-20-21-22-23-27-32-36-43(47)53-39(38-52-54(48,49)50)37-51-42(46)35-31-28-24-26-30-34-41(45)40(44)33-29-25-10-8-6-4-2/h11-12,14-15,17-18,20-21,25,29,39-41,44-45H,3-10,13,16,19,22-24,26-28,30-38H2,1-2H3,(H2,48,49,50)/b12-11-,15-14-,18-17-,21-20-,29-25-/t39-,40-,41-/m1/s1. The molecule has 312 valence electrons. The summed E-state index contributed by atoms with van der Waals surface area (Å²) in [6.07, 6.45) is 39.6. The van der Waals surface area contributed by atoms with Crippen LogP contribution in [0.15, 0.2) is 60.8 Å². The minimum atomic E-state index is -4.80.